The molecular weight excluding hydrogens is 404 g/mol. The monoisotopic (exact) mass is 418 g/mol. The Kier molecular flexibility index (Phi) is 6.22. The lowest BCUT2D eigenvalue weighted by molar-refractivity contribution is -0.383. The van der Waals surface area contributed by atoms with Crippen LogP contribution < -0.4 is 5.32 Å². The van der Waals surface area contributed by atoms with Crippen LogP contribution in [0.25, 0.3) is 11.4 Å². The molecule has 0 aliphatic carbocycles. The fourth-order valence-corrected chi connectivity index (χ4v) is 3.44. The summed E-state index contributed by atoms with van der Waals surface area (Å²) in [7, 11) is 0. The Balaban J connectivity index is 1.71. The van der Waals surface area contributed by atoms with E-state index in [0.29, 0.717) is 17.5 Å². The van der Waals surface area contributed by atoms with Crippen molar-refractivity contribution in [1.82, 2.24) is 19.7 Å². The van der Waals surface area contributed by atoms with E-state index in [2.05, 4.69) is 20.5 Å². The van der Waals surface area contributed by atoms with Crippen LogP contribution in [0.1, 0.15) is 6.92 Å². The fourth-order valence-electron chi connectivity index (χ4n) is 2.47. The molecule has 0 saturated heterocycles. The van der Waals surface area contributed by atoms with Gasteiger partial charge < -0.3 is 9.88 Å². The van der Waals surface area contributed by atoms with Crippen molar-refractivity contribution in [3.05, 3.63) is 57.9 Å². The maximum atomic E-state index is 12.3. The molecule has 0 fully saturated rings. The van der Waals surface area contributed by atoms with Crippen molar-refractivity contribution in [1.29, 1.82) is 0 Å². The van der Waals surface area contributed by atoms with Crippen LogP contribution in [-0.4, -0.2) is 36.3 Å². The van der Waals surface area contributed by atoms with Crippen LogP contribution in [0, 0.1) is 10.1 Å². The molecule has 11 heteroatoms. The fraction of sp³-hybridized carbons (Fsp3) is 0.176. The second-order valence-corrected chi connectivity index (χ2v) is 6.93. The quantitative estimate of drug-likeness (QED) is 0.353. The number of benzene rings is 1. The van der Waals surface area contributed by atoms with Gasteiger partial charge in [0.15, 0.2) is 11.0 Å². The van der Waals surface area contributed by atoms with Crippen molar-refractivity contribution in [3.8, 4) is 11.4 Å². The number of nitrogens with one attached hydrogen (secondary N) is 1. The second kappa shape index (κ2) is 8.81. The van der Waals surface area contributed by atoms with Crippen LogP contribution in [0.15, 0.2) is 47.9 Å². The predicted octanol–water partition coefficient (Wildman–Crippen LogP) is 3.65. The number of anilines is 1. The molecule has 0 aliphatic rings. The number of nitrogens with zero attached hydrogens (tertiary/aromatic N) is 5. The number of nitro benzene ring substituents is 1. The van der Waals surface area contributed by atoms with Crippen LogP contribution in [0.5, 0.6) is 0 Å². The number of thioether (sulfide) groups is 1. The Hall–Kier alpha value is -2.98. The zero-order valence-electron chi connectivity index (χ0n) is 14.7. The van der Waals surface area contributed by atoms with Crippen molar-refractivity contribution in [2.24, 2.45) is 0 Å². The Morgan fingerprint density at radius 2 is 2.18 bits per heavy atom. The third-order valence-electron chi connectivity index (χ3n) is 3.72. The standard InChI is InChI=1S/C17H15ClN6O3S/c1-2-23-16(11-4-3-7-19-9-11)21-22-17(23)28-10-15(25)20-13-6-5-12(18)8-14(13)24(26)27/h3-9H,2,10H2,1H3,(H,20,25). The molecule has 3 rings (SSSR count). The molecule has 2 aromatic heterocycles. The largest absolute Gasteiger partial charge is 0.320 e. The minimum Gasteiger partial charge on any atom is -0.320 e. The molecule has 1 aromatic carbocycles. The number of halogens is 1. The molecule has 3 aromatic rings. The van der Waals surface area contributed by atoms with Gasteiger partial charge in [0.05, 0.1) is 10.7 Å². The van der Waals surface area contributed by atoms with Crippen molar-refractivity contribution >= 4 is 40.6 Å². The molecule has 0 atom stereocenters. The highest BCUT2D eigenvalue weighted by atomic mass is 35.5. The van der Waals surface area contributed by atoms with Gasteiger partial charge in [-0.25, -0.2) is 0 Å². The average Bonchev–Trinajstić information content (AvgIpc) is 3.11. The average molecular weight is 419 g/mol. The number of pyridine rings is 1. The van der Waals surface area contributed by atoms with Gasteiger partial charge in [-0.1, -0.05) is 23.4 Å². The number of carbonyl (C=O) groups is 1. The van der Waals surface area contributed by atoms with Crippen LogP contribution in [0.4, 0.5) is 11.4 Å². The summed E-state index contributed by atoms with van der Waals surface area (Å²) >= 11 is 6.97. The summed E-state index contributed by atoms with van der Waals surface area (Å²) in [6.07, 6.45) is 3.36. The van der Waals surface area contributed by atoms with Gasteiger partial charge in [0.2, 0.25) is 5.91 Å². The molecule has 1 amide bonds. The van der Waals surface area contributed by atoms with Crippen LogP contribution in [0.2, 0.25) is 5.02 Å². The number of aromatic nitrogens is 4. The van der Waals surface area contributed by atoms with Gasteiger partial charge in [0.25, 0.3) is 5.69 Å². The van der Waals surface area contributed by atoms with Crippen molar-refractivity contribution in [3.63, 3.8) is 0 Å². The molecule has 144 valence electrons. The number of hydrogen-bond acceptors (Lipinski definition) is 7. The van der Waals surface area contributed by atoms with Gasteiger partial charge in [-0.3, -0.25) is 19.9 Å². The summed E-state index contributed by atoms with van der Waals surface area (Å²) in [5.41, 5.74) is 0.652. The molecule has 0 bridgehead atoms. The highest BCUT2D eigenvalue weighted by molar-refractivity contribution is 7.99. The minimum atomic E-state index is -0.595. The highest BCUT2D eigenvalue weighted by Gasteiger charge is 2.18. The zero-order valence-corrected chi connectivity index (χ0v) is 16.3. The number of carbonyl (C=O) groups excluding carboxylic acids is 1. The highest BCUT2D eigenvalue weighted by Crippen LogP contribution is 2.28. The van der Waals surface area contributed by atoms with Gasteiger partial charge in [0.1, 0.15) is 5.69 Å². The van der Waals surface area contributed by atoms with Crippen molar-refractivity contribution < 1.29 is 9.72 Å². The Morgan fingerprint density at radius 3 is 2.86 bits per heavy atom. The van der Waals surface area contributed by atoms with Gasteiger partial charge in [-0.2, -0.15) is 0 Å². The van der Waals surface area contributed by atoms with Crippen molar-refractivity contribution in [2.75, 3.05) is 11.1 Å². The van der Waals surface area contributed by atoms with Crippen molar-refractivity contribution in [2.45, 2.75) is 18.6 Å². The topological polar surface area (TPSA) is 116 Å². The molecular formula is C17H15ClN6O3S. The number of hydrogen-bond donors (Lipinski definition) is 1. The van der Waals surface area contributed by atoms with E-state index in [0.717, 1.165) is 5.56 Å². The maximum absolute atomic E-state index is 12.3. The third kappa shape index (κ3) is 4.46. The van der Waals surface area contributed by atoms with E-state index in [-0.39, 0.29) is 22.2 Å². The molecule has 2 heterocycles. The molecule has 0 spiro atoms. The smallest absolute Gasteiger partial charge is 0.294 e. The summed E-state index contributed by atoms with van der Waals surface area (Å²) < 4.78 is 1.87. The zero-order chi connectivity index (χ0) is 20.1. The summed E-state index contributed by atoms with van der Waals surface area (Å²) in [5.74, 6) is 0.279. The number of rotatable bonds is 7. The van der Waals surface area contributed by atoms with E-state index in [9.17, 15) is 14.9 Å². The maximum Gasteiger partial charge on any atom is 0.294 e. The van der Waals surface area contributed by atoms with E-state index in [1.54, 1.807) is 12.4 Å². The Morgan fingerprint density at radius 1 is 1.36 bits per heavy atom. The minimum absolute atomic E-state index is 0.0188. The summed E-state index contributed by atoms with van der Waals surface area (Å²) in [6.45, 7) is 2.56. The first kappa shape index (κ1) is 19.8. The van der Waals surface area contributed by atoms with Gasteiger partial charge in [-0.15, -0.1) is 10.2 Å². The summed E-state index contributed by atoms with van der Waals surface area (Å²) in [4.78, 5) is 26.9. The molecule has 1 N–H and O–H groups in total. The lowest BCUT2D eigenvalue weighted by atomic mass is 10.2. The second-order valence-electron chi connectivity index (χ2n) is 5.55. The SMILES string of the molecule is CCn1c(SCC(=O)Nc2ccc(Cl)cc2[N+](=O)[O-])nnc1-c1cccnc1. The molecule has 9 nitrogen and oxygen atoms in total. The predicted molar refractivity (Wildman–Crippen MR) is 106 cm³/mol. The number of amides is 1. The van der Waals surface area contributed by atoms with E-state index in [1.165, 1.54) is 30.0 Å². The number of nitro groups is 1. The molecule has 0 aliphatic heterocycles. The molecule has 0 radical (unpaired) electrons. The lowest BCUT2D eigenvalue weighted by Gasteiger charge is -2.08. The Labute approximate surface area is 169 Å². The molecule has 0 unspecified atom stereocenters. The molecule has 28 heavy (non-hydrogen) atoms. The van der Waals surface area contributed by atoms with Crippen LogP contribution in [0.3, 0.4) is 0 Å². The van der Waals surface area contributed by atoms with Gasteiger partial charge >= 0.3 is 0 Å². The summed E-state index contributed by atoms with van der Waals surface area (Å²) in [6, 6.07) is 7.76. The normalized spacial score (nSPS) is 10.6. The first-order valence-electron chi connectivity index (χ1n) is 8.19. The van der Waals surface area contributed by atoms with E-state index >= 15 is 0 Å². The first-order chi connectivity index (χ1) is 13.5. The third-order valence-corrected chi connectivity index (χ3v) is 4.92. The van der Waals surface area contributed by atoms with Crippen LogP contribution >= 0.6 is 23.4 Å². The van der Waals surface area contributed by atoms with E-state index in [1.807, 2.05) is 23.6 Å². The first-order valence-corrected chi connectivity index (χ1v) is 9.56. The van der Waals surface area contributed by atoms with Gasteiger partial charge in [-0.05, 0) is 31.2 Å². The Bertz CT molecular complexity index is 1010. The van der Waals surface area contributed by atoms with E-state index < -0.39 is 10.8 Å². The summed E-state index contributed by atoms with van der Waals surface area (Å²) in [5, 5.41) is 22.8. The lowest BCUT2D eigenvalue weighted by Crippen LogP contribution is -2.15. The molecule has 0 saturated carbocycles. The van der Waals surface area contributed by atoms with E-state index in [4.69, 9.17) is 11.6 Å². The van der Waals surface area contributed by atoms with Crippen LogP contribution in [-0.2, 0) is 11.3 Å². The van der Waals surface area contributed by atoms with Gasteiger partial charge in [0, 0.05) is 35.6 Å².